The molecule has 170 valence electrons. The summed E-state index contributed by atoms with van der Waals surface area (Å²) in [4.78, 5) is 17.1. The van der Waals surface area contributed by atoms with Crippen LogP contribution in [0.5, 0.6) is 5.75 Å². The first-order valence-electron chi connectivity index (χ1n) is 10.5. The van der Waals surface area contributed by atoms with Crippen LogP contribution in [-0.4, -0.2) is 59.9 Å². The molecule has 0 spiro atoms. The van der Waals surface area contributed by atoms with Crippen LogP contribution < -0.4 is 4.74 Å². The third-order valence-corrected chi connectivity index (χ3v) is 4.90. The summed E-state index contributed by atoms with van der Waals surface area (Å²) in [7, 11) is 0. The maximum Gasteiger partial charge on any atom is 0.528 e. The number of rotatable bonds is 6. The van der Waals surface area contributed by atoms with Crippen LogP contribution in [0.25, 0.3) is 5.69 Å². The lowest BCUT2D eigenvalue weighted by atomic mass is 10.1. The summed E-state index contributed by atoms with van der Waals surface area (Å²) in [5.74, 6) is 0.752. The van der Waals surface area contributed by atoms with Gasteiger partial charge in [0, 0.05) is 24.8 Å². The van der Waals surface area contributed by atoms with Crippen molar-refractivity contribution in [3.8, 4) is 11.4 Å². The molecule has 0 atom stereocenters. The lowest BCUT2D eigenvalue weighted by molar-refractivity contribution is -0.154. The summed E-state index contributed by atoms with van der Waals surface area (Å²) < 4.78 is 14.6. The number of carbonyl (C=O) groups excluding carboxylic acids is 1. The van der Waals surface area contributed by atoms with Crippen LogP contribution in [0.1, 0.15) is 45.2 Å². The first-order chi connectivity index (χ1) is 15.4. The summed E-state index contributed by atoms with van der Waals surface area (Å²) in [6, 6.07) is 7.78. The van der Waals surface area contributed by atoms with Crippen molar-refractivity contribution < 1.29 is 19.1 Å². The van der Waals surface area contributed by atoms with Gasteiger partial charge >= 0.3 is 6.16 Å². The van der Waals surface area contributed by atoms with Gasteiger partial charge in [0.1, 0.15) is 24.3 Å². The van der Waals surface area contributed by atoms with Gasteiger partial charge in [-0.15, -0.1) is 10.2 Å². The summed E-state index contributed by atoms with van der Waals surface area (Å²) >= 11 is 0. The van der Waals surface area contributed by atoms with Crippen molar-refractivity contribution in [1.29, 1.82) is 0 Å². The Morgan fingerprint density at radius 2 is 1.91 bits per heavy atom. The zero-order valence-corrected chi connectivity index (χ0v) is 18.4. The summed E-state index contributed by atoms with van der Waals surface area (Å²) in [5.41, 5.74) is 1.28. The standard InChI is InChI=1S/C21H27N7O4/c1-21(2,3)31-20(29)32-26-10-8-18(9-11-26)27-13-16(12-23-27)14-30-19-6-4-17(5-7-19)28-15-22-24-25-28/h4-7,12-13,15,18H,8-11,14H2,1-3H3. The highest BCUT2D eigenvalue weighted by Crippen LogP contribution is 2.23. The first-order valence-corrected chi connectivity index (χ1v) is 10.5. The number of tetrazole rings is 1. The Hall–Kier alpha value is -3.47. The smallest absolute Gasteiger partial charge is 0.489 e. The number of ether oxygens (including phenoxy) is 2. The SMILES string of the molecule is CC(C)(C)OC(=O)ON1CCC(n2cc(COc3ccc(-n4cnnn4)cc3)cn2)CC1. The van der Waals surface area contributed by atoms with E-state index in [-0.39, 0.29) is 6.04 Å². The van der Waals surface area contributed by atoms with Crippen LogP contribution in [0.2, 0.25) is 0 Å². The largest absolute Gasteiger partial charge is 0.528 e. The van der Waals surface area contributed by atoms with Crippen molar-refractivity contribution in [2.24, 2.45) is 0 Å². The van der Waals surface area contributed by atoms with E-state index < -0.39 is 11.8 Å². The van der Waals surface area contributed by atoms with Crippen molar-refractivity contribution >= 4 is 6.16 Å². The molecule has 11 heteroatoms. The van der Waals surface area contributed by atoms with Crippen LogP contribution in [0.4, 0.5) is 4.79 Å². The molecule has 1 aliphatic heterocycles. The Morgan fingerprint density at radius 3 is 2.56 bits per heavy atom. The van der Waals surface area contributed by atoms with Crippen molar-refractivity contribution in [3.63, 3.8) is 0 Å². The van der Waals surface area contributed by atoms with E-state index in [0.717, 1.165) is 29.8 Å². The number of hydroxylamine groups is 2. The Morgan fingerprint density at radius 1 is 1.16 bits per heavy atom. The van der Waals surface area contributed by atoms with E-state index in [1.54, 1.807) is 16.1 Å². The molecule has 3 heterocycles. The molecule has 0 N–H and O–H groups in total. The zero-order valence-electron chi connectivity index (χ0n) is 18.4. The van der Waals surface area contributed by atoms with Gasteiger partial charge < -0.3 is 14.3 Å². The molecule has 1 aliphatic rings. The molecule has 1 aromatic carbocycles. The van der Waals surface area contributed by atoms with E-state index in [1.165, 1.54) is 0 Å². The molecule has 0 bridgehead atoms. The van der Waals surface area contributed by atoms with Gasteiger partial charge in [-0.3, -0.25) is 4.68 Å². The van der Waals surface area contributed by atoms with Gasteiger partial charge in [0.05, 0.1) is 17.9 Å². The molecule has 0 amide bonds. The Kier molecular flexibility index (Phi) is 6.35. The highest BCUT2D eigenvalue weighted by atomic mass is 16.8. The third-order valence-electron chi connectivity index (χ3n) is 4.90. The molecule has 11 nitrogen and oxygen atoms in total. The molecular weight excluding hydrogens is 414 g/mol. The first kappa shape index (κ1) is 21.8. The molecule has 1 saturated heterocycles. The Labute approximate surface area is 185 Å². The number of hydrogen-bond donors (Lipinski definition) is 0. The summed E-state index contributed by atoms with van der Waals surface area (Å²) in [6.45, 7) is 7.11. The van der Waals surface area contributed by atoms with Crippen LogP contribution >= 0.6 is 0 Å². The van der Waals surface area contributed by atoms with Crippen molar-refractivity contribution in [1.82, 2.24) is 35.1 Å². The van der Waals surface area contributed by atoms with Gasteiger partial charge in [0.2, 0.25) is 0 Å². The molecular formula is C21H27N7O4. The molecule has 32 heavy (non-hydrogen) atoms. The number of carbonyl (C=O) groups is 1. The average molecular weight is 441 g/mol. The van der Waals surface area contributed by atoms with Crippen molar-refractivity contribution in [2.45, 2.75) is 51.9 Å². The van der Waals surface area contributed by atoms with Gasteiger partial charge in [0.15, 0.2) is 0 Å². The number of hydrogen-bond acceptors (Lipinski definition) is 9. The van der Waals surface area contributed by atoms with Crippen LogP contribution in [0.3, 0.4) is 0 Å². The van der Waals surface area contributed by atoms with E-state index in [9.17, 15) is 4.79 Å². The van der Waals surface area contributed by atoms with E-state index in [4.69, 9.17) is 14.3 Å². The Balaban J connectivity index is 1.23. The minimum atomic E-state index is -0.666. The van der Waals surface area contributed by atoms with Crippen LogP contribution in [0.15, 0.2) is 43.0 Å². The normalized spacial score (nSPS) is 15.5. The highest BCUT2D eigenvalue weighted by molar-refractivity contribution is 5.60. The maximum atomic E-state index is 11.8. The lowest BCUT2D eigenvalue weighted by Gasteiger charge is -2.31. The maximum absolute atomic E-state index is 11.8. The predicted molar refractivity (Wildman–Crippen MR) is 113 cm³/mol. The minimum Gasteiger partial charge on any atom is -0.489 e. The molecule has 0 radical (unpaired) electrons. The minimum absolute atomic E-state index is 0.248. The monoisotopic (exact) mass is 441 g/mol. The van der Waals surface area contributed by atoms with E-state index in [0.29, 0.717) is 19.7 Å². The molecule has 2 aromatic heterocycles. The van der Waals surface area contributed by atoms with Crippen molar-refractivity contribution in [2.75, 3.05) is 13.1 Å². The second-order valence-electron chi connectivity index (χ2n) is 8.58. The van der Waals surface area contributed by atoms with Gasteiger partial charge in [-0.05, 0) is 68.3 Å². The number of aromatic nitrogens is 6. The predicted octanol–water partition coefficient (Wildman–Crippen LogP) is 2.94. The summed E-state index contributed by atoms with van der Waals surface area (Å²) in [6.07, 6.45) is 6.34. The highest BCUT2D eigenvalue weighted by Gasteiger charge is 2.26. The van der Waals surface area contributed by atoms with Gasteiger partial charge in [-0.25, -0.2) is 9.48 Å². The fraction of sp³-hybridized carbons (Fsp3) is 0.476. The quantitative estimate of drug-likeness (QED) is 0.533. The molecule has 0 saturated carbocycles. The fourth-order valence-corrected chi connectivity index (χ4v) is 3.37. The Bertz CT molecular complexity index is 1000. The third kappa shape index (κ3) is 5.82. The van der Waals surface area contributed by atoms with Gasteiger partial charge in [-0.2, -0.15) is 5.10 Å². The number of benzene rings is 1. The number of nitrogens with zero attached hydrogens (tertiary/aromatic N) is 7. The zero-order chi connectivity index (χ0) is 22.6. The topological polar surface area (TPSA) is 109 Å². The van der Waals surface area contributed by atoms with E-state index in [1.807, 2.05) is 62.1 Å². The van der Waals surface area contributed by atoms with Gasteiger partial charge in [0.25, 0.3) is 0 Å². The molecule has 0 unspecified atom stereocenters. The second-order valence-corrected chi connectivity index (χ2v) is 8.58. The van der Waals surface area contributed by atoms with Crippen LogP contribution in [0, 0.1) is 0 Å². The number of piperidine rings is 1. The van der Waals surface area contributed by atoms with Gasteiger partial charge in [-0.1, -0.05) is 0 Å². The lowest BCUT2D eigenvalue weighted by Crippen LogP contribution is -2.38. The van der Waals surface area contributed by atoms with Crippen molar-refractivity contribution in [3.05, 3.63) is 48.5 Å². The second kappa shape index (κ2) is 9.35. The average Bonchev–Trinajstić information content (AvgIpc) is 3.44. The van der Waals surface area contributed by atoms with E-state index >= 15 is 0 Å². The van der Waals surface area contributed by atoms with Crippen LogP contribution in [-0.2, 0) is 16.2 Å². The molecule has 1 fully saturated rings. The molecule has 3 aromatic rings. The fourth-order valence-electron chi connectivity index (χ4n) is 3.37. The van der Waals surface area contributed by atoms with E-state index in [2.05, 4.69) is 20.6 Å². The molecule has 0 aliphatic carbocycles. The summed E-state index contributed by atoms with van der Waals surface area (Å²) in [5, 5.41) is 17.3. The molecule has 4 rings (SSSR count).